The third-order valence-electron chi connectivity index (χ3n) is 3.07. The van der Waals surface area contributed by atoms with Gasteiger partial charge in [-0.2, -0.15) is 0 Å². The second-order valence-corrected chi connectivity index (χ2v) is 4.71. The number of halogens is 2. The molecular weight excluding hydrogens is 267 g/mol. The third kappa shape index (κ3) is 2.62. The highest BCUT2D eigenvalue weighted by atomic mass is 35.5. The van der Waals surface area contributed by atoms with Crippen LogP contribution in [0, 0.1) is 5.82 Å². The van der Waals surface area contributed by atoms with Crippen molar-refractivity contribution < 1.29 is 4.39 Å². The first-order valence-electron chi connectivity index (χ1n) is 6.23. The molecule has 0 fully saturated rings. The number of benzene rings is 1. The monoisotopic (exact) mass is 282 g/mol. The minimum absolute atomic E-state index is 0.0902. The van der Waals surface area contributed by atoms with Crippen molar-refractivity contribution >= 4 is 11.6 Å². The van der Waals surface area contributed by atoms with Gasteiger partial charge in [-0.15, -0.1) is 5.10 Å². The first kappa shape index (κ1) is 14.0. The van der Waals surface area contributed by atoms with Crippen LogP contribution in [0.4, 0.5) is 4.39 Å². The van der Waals surface area contributed by atoms with E-state index >= 15 is 0 Å². The number of rotatable bonds is 4. The van der Waals surface area contributed by atoms with Crippen molar-refractivity contribution in [3.05, 3.63) is 40.4 Å². The molecule has 0 radical (unpaired) electrons. The maximum absolute atomic E-state index is 13.5. The normalized spacial score (nSPS) is 12.7. The van der Waals surface area contributed by atoms with E-state index in [1.54, 1.807) is 10.7 Å². The summed E-state index contributed by atoms with van der Waals surface area (Å²) in [5.41, 5.74) is 8.27. The van der Waals surface area contributed by atoms with Crippen molar-refractivity contribution in [3.63, 3.8) is 0 Å². The van der Waals surface area contributed by atoms with E-state index in [2.05, 4.69) is 10.3 Å². The van der Waals surface area contributed by atoms with Gasteiger partial charge in [-0.05, 0) is 25.0 Å². The molecular formula is C13H16ClFN4. The maximum atomic E-state index is 13.5. The van der Waals surface area contributed by atoms with Gasteiger partial charge in [-0.25, -0.2) is 9.07 Å². The Morgan fingerprint density at radius 1 is 1.42 bits per heavy atom. The van der Waals surface area contributed by atoms with Crippen LogP contribution in [0.25, 0.3) is 5.69 Å². The molecule has 6 heteroatoms. The minimum Gasteiger partial charge on any atom is -0.323 e. The SMILES string of the molecule is CCc1c(C(N)CC)nnn1-c1ccc(Cl)c(F)c1. The van der Waals surface area contributed by atoms with E-state index in [0.717, 1.165) is 24.2 Å². The van der Waals surface area contributed by atoms with E-state index in [-0.39, 0.29) is 11.1 Å². The zero-order valence-electron chi connectivity index (χ0n) is 10.9. The van der Waals surface area contributed by atoms with Crippen LogP contribution in [-0.2, 0) is 6.42 Å². The van der Waals surface area contributed by atoms with Crippen LogP contribution >= 0.6 is 11.6 Å². The quantitative estimate of drug-likeness (QED) is 0.938. The molecule has 0 aliphatic rings. The van der Waals surface area contributed by atoms with E-state index in [1.807, 2.05) is 13.8 Å². The Balaban J connectivity index is 2.50. The highest BCUT2D eigenvalue weighted by molar-refractivity contribution is 6.30. The van der Waals surface area contributed by atoms with Gasteiger partial charge in [-0.3, -0.25) is 0 Å². The summed E-state index contributed by atoms with van der Waals surface area (Å²) in [7, 11) is 0. The van der Waals surface area contributed by atoms with Crippen molar-refractivity contribution in [1.82, 2.24) is 15.0 Å². The predicted molar refractivity (Wildman–Crippen MR) is 72.9 cm³/mol. The van der Waals surface area contributed by atoms with Crippen molar-refractivity contribution in [2.45, 2.75) is 32.7 Å². The largest absolute Gasteiger partial charge is 0.323 e. The number of nitrogens with zero attached hydrogens (tertiary/aromatic N) is 3. The zero-order chi connectivity index (χ0) is 14.0. The lowest BCUT2D eigenvalue weighted by atomic mass is 10.1. The van der Waals surface area contributed by atoms with Crippen molar-refractivity contribution in [2.75, 3.05) is 0 Å². The van der Waals surface area contributed by atoms with Crippen LogP contribution in [-0.4, -0.2) is 15.0 Å². The molecule has 1 atom stereocenters. The fourth-order valence-electron chi connectivity index (χ4n) is 1.95. The van der Waals surface area contributed by atoms with E-state index in [1.165, 1.54) is 12.1 Å². The Bertz CT molecular complexity index is 582. The standard InChI is InChI=1S/C13H16ClFN4/c1-3-11(16)13-12(4-2)19(18-17-13)8-5-6-9(14)10(15)7-8/h5-7,11H,3-4,16H2,1-2H3. The number of nitrogens with two attached hydrogens (primary N) is 1. The van der Waals surface area contributed by atoms with Crippen LogP contribution < -0.4 is 5.73 Å². The topological polar surface area (TPSA) is 56.7 Å². The Morgan fingerprint density at radius 3 is 2.74 bits per heavy atom. The molecule has 2 aromatic rings. The molecule has 19 heavy (non-hydrogen) atoms. The van der Waals surface area contributed by atoms with Gasteiger partial charge in [0.2, 0.25) is 0 Å². The Morgan fingerprint density at radius 2 is 2.16 bits per heavy atom. The van der Waals surface area contributed by atoms with Gasteiger partial charge in [0.15, 0.2) is 0 Å². The summed E-state index contributed by atoms with van der Waals surface area (Å²) in [5, 5.41) is 8.28. The molecule has 0 aliphatic heterocycles. The molecule has 102 valence electrons. The summed E-state index contributed by atoms with van der Waals surface area (Å²) in [6.45, 7) is 3.98. The van der Waals surface area contributed by atoms with Crippen molar-refractivity contribution in [1.29, 1.82) is 0 Å². The van der Waals surface area contributed by atoms with Crippen LogP contribution in [0.1, 0.15) is 37.7 Å². The number of hydrogen-bond acceptors (Lipinski definition) is 3. The van der Waals surface area contributed by atoms with Crippen LogP contribution in [0.2, 0.25) is 5.02 Å². The lowest BCUT2D eigenvalue weighted by Crippen LogP contribution is -2.12. The first-order valence-corrected chi connectivity index (χ1v) is 6.61. The fourth-order valence-corrected chi connectivity index (χ4v) is 2.07. The van der Waals surface area contributed by atoms with Crippen molar-refractivity contribution in [2.24, 2.45) is 5.73 Å². The molecule has 0 saturated carbocycles. The third-order valence-corrected chi connectivity index (χ3v) is 3.37. The van der Waals surface area contributed by atoms with Crippen LogP contribution in [0.5, 0.6) is 0 Å². The molecule has 0 bridgehead atoms. The van der Waals surface area contributed by atoms with Crippen molar-refractivity contribution in [3.8, 4) is 5.69 Å². The molecule has 4 nitrogen and oxygen atoms in total. The van der Waals surface area contributed by atoms with Crippen LogP contribution in [0.15, 0.2) is 18.2 Å². The molecule has 0 aliphatic carbocycles. The smallest absolute Gasteiger partial charge is 0.143 e. The Labute approximate surface area is 116 Å². The van der Waals surface area contributed by atoms with E-state index in [9.17, 15) is 4.39 Å². The van der Waals surface area contributed by atoms with Gasteiger partial charge < -0.3 is 5.73 Å². The summed E-state index contributed by atoms with van der Waals surface area (Å²) in [6, 6.07) is 4.41. The minimum atomic E-state index is -0.474. The average Bonchev–Trinajstić information content (AvgIpc) is 2.84. The van der Waals surface area contributed by atoms with Gasteiger partial charge in [0, 0.05) is 6.07 Å². The molecule has 1 unspecified atom stereocenters. The first-order chi connectivity index (χ1) is 9.08. The molecule has 0 saturated heterocycles. The van der Waals surface area contributed by atoms with Gasteiger partial charge in [0.05, 0.1) is 22.4 Å². The summed E-state index contributed by atoms with van der Waals surface area (Å²) in [5.74, 6) is -0.474. The van der Waals surface area contributed by atoms with Gasteiger partial charge in [0.25, 0.3) is 0 Å². The molecule has 1 heterocycles. The highest BCUT2D eigenvalue weighted by Crippen LogP contribution is 2.22. The Kier molecular flexibility index (Phi) is 4.17. The summed E-state index contributed by atoms with van der Waals surface area (Å²) in [6.07, 6.45) is 1.50. The Hall–Kier alpha value is -1.46. The number of aromatic nitrogens is 3. The van der Waals surface area contributed by atoms with Gasteiger partial charge in [0.1, 0.15) is 11.5 Å². The average molecular weight is 283 g/mol. The van der Waals surface area contributed by atoms with E-state index in [4.69, 9.17) is 17.3 Å². The predicted octanol–water partition coefficient (Wildman–Crippen LogP) is 3.03. The fraction of sp³-hybridized carbons (Fsp3) is 0.385. The summed E-state index contributed by atoms with van der Waals surface area (Å²) >= 11 is 5.68. The lowest BCUT2D eigenvalue weighted by molar-refractivity contribution is 0.624. The molecule has 0 spiro atoms. The maximum Gasteiger partial charge on any atom is 0.143 e. The zero-order valence-corrected chi connectivity index (χ0v) is 11.7. The molecule has 2 N–H and O–H groups in total. The molecule has 0 amide bonds. The second kappa shape index (κ2) is 5.67. The number of hydrogen-bond donors (Lipinski definition) is 1. The molecule has 1 aromatic heterocycles. The van der Waals surface area contributed by atoms with E-state index in [0.29, 0.717) is 5.69 Å². The highest BCUT2D eigenvalue weighted by Gasteiger charge is 2.17. The van der Waals surface area contributed by atoms with Gasteiger partial charge >= 0.3 is 0 Å². The molecule has 2 rings (SSSR count). The van der Waals surface area contributed by atoms with E-state index < -0.39 is 5.82 Å². The lowest BCUT2D eigenvalue weighted by Gasteiger charge is -2.09. The second-order valence-electron chi connectivity index (χ2n) is 4.30. The molecule has 1 aromatic carbocycles. The van der Waals surface area contributed by atoms with Crippen LogP contribution in [0.3, 0.4) is 0 Å². The van der Waals surface area contributed by atoms with Gasteiger partial charge in [-0.1, -0.05) is 30.7 Å². The summed E-state index contributed by atoms with van der Waals surface area (Å²) in [4.78, 5) is 0. The summed E-state index contributed by atoms with van der Waals surface area (Å²) < 4.78 is 15.1.